The highest BCUT2D eigenvalue weighted by Crippen LogP contribution is 2.34. The highest BCUT2D eigenvalue weighted by Gasteiger charge is 2.35. The van der Waals surface area contributed by atoms with Gasteiger partial charge < -0.3 is 5.32 Å². The number of hydrogen-bond acceptors (Lipinski definition) is 4. The lowest BCUT2D eigenvalue weighted by Crippen LogP contribution is -2.23. The van der Waals surface area contributed by atoms with Gasteiger partial charge in [-0.15, -0.1) is 11.3 Å². The van der Waals surface area contributed by atoms with Crippen LogP contribution in [0, 0.1) is 0 Å². The van der Waals surface area contributed by atoms with Gasteiger partial charge in [0.15, 0.2) is 0 Å². The average molecular weight is 384 g/mol. The summed E-state index contributed by atoms with van der Waals surface area (Å²) in [6, 6.07) is 4.17. The molecule has 0 unspecified atom stereocenters. The fourth-order valence-electron chi connectivity index (χ4n) is 2.18. The normalized spacial score (nSPS) is 12.8. The van der Waals surface area contributed by atoms with E-state index >= 15 is 0 Å². The molecule has 26 heavy (non-hydrogen) atoms. The summed E-state index contributed by atoms with van der Waals surface area (Å²) in [6.45, 7) is 4.19. The van der Waals surface area contributed by atoms with Gasteiger partial charge in [-0.1, -0.05) is 5.57 Å². The second-order valence-electron chi connectivity index (χ2n) is 5.59. The van der Waals surface area contributed by atoms with E-state index in [9.17, 15) is 18.0 Å². The molecule has 0 radical (unpaired) electrons. The summed E-state index contributed by atoms with van der Waals surface area (Å²) in [6.07, 6.45) is -0.396. The molecule has 0 bridgehead atoms. The van der Waals surface area contributed by atoms with Crippen molar-refractivity contribution in [1.82, 2.24) is 15.1 Å². The Bertz CT molecular complexity index is 833. The molecule has 2 aromatic heterocycles. The maximum absolute atomic E-state index is 12.9. The molecule has 2 rings (SSSR count). The third kappa shape index (κ3) is 5.04. The fourth-order valence-corrected chi connectivity index (χ4v) is 3.06. The van der Waals surface area contributed by atoms with E-state index < -0.39 is 11.9 Å². The number of carbonyl (C=O) groups excluding carboxylic acids is 1. The van der Waals surface area contributed by atoms with Crippen molar-refractivity contribution >= 4 is 23.5 Å². The lowest BCUT2D eigenvalue weighted by atomic mass is 10.2. The fraction of sp³-hybridized carbons (Fsp3) is 0.353. The standard InChI is InChI=1S/C17H19F3N4OS/c1-4-21-10-11(2)7-8-22-16(25)14-6-5-13(26-14)12-9-15(17(18,19)20)24(3)23-12/h4-6,9-10H,7-8H2,1-3H3,(H,22,25)/b11-10+,21-4?. The maximum Gasteiger partial charge on any atom is 0.433 e. The van der Waals surface area contributed by atoms with Crippen LogP contribution in [0.25, 0.3) is 10.6 Å². The highest BCUT2D eigenvalue weighted by atomic mass is 32.1. The number of aromatic nitrogens is 2. The van der Waals surface area contributed by atoms with Crippen LogP contribution in [0.3, 0.4) is 0 Å². The van der Waals surface area contributed by atoms with Crippen molar-refractivity contribution in [3.8, 4) is 10.6 Å². The number of aliphatic imine (C=N–C) groups is 1. The van der Waals surface area contributed by atoms with Crippen LogP contribution in [0.4, 0.5) is 13.2 Å². The van der Waals surface area contributed by atoms with Crippen molar-refractivity contribution in [3.05, 3.63) is 40.5 Å². The zero-order valence-corrected chi connectivity index (χ0v) is 15.4. The van der Waals surface area contributed by atoms with E-state index in [2.05, 4.69) is 15.4 Å². The number of thiophene rings is 1. The van der Waals surface area contributed by atoms with Crippen molar-refractivity contribution in [2.75, 3.05) is 6.54 Å². The zero-order chi connectivity index (χ0) is 19.3. The number of aryl methyl sites for hydroxylation is 1. The summed E-state index contributed by atoms with van der Waals surface area (Å²) in [5.74, 6) is -0.264. The van der Waals surface area contributed by atoms with Crippen molar-refractivity contribution in [3.63, 3.8) is 0 Å². The van der Waals surface area contributed by atoms with E-state index in [0.29, 0.717) is 22.7 Å². The Hall–Kier alpha value is -2.42. The minimum Gasteiger partial charge on any atom is -0.351 e. The number of hydrogen-bond donors (Lipinski definition) is 1. The molecule has 9 heteroatoms. The van der Waals surface area contributed by atoms with E-state index in [1.807, 2.05) is 13.8 Å². The number of nitrogens with one attached hydrogen (secondary N) is 1. The molecule has 0 aliphatic heterocycles. The van der Waals surface area contributed by atoms with Gasteiger partial charge in [0.1, 0.15) is 11.4 Å². The third-order valence-electron chi connectivity index (χ3n) is 3.50. The molecule has 2 aromatic rings. The van der Waals surface area contributed by atoms with Crippen molar-refractivity contribution in [2.24, 2.45) is 12.0 Å². The highest BCUT2D eigenvalue weighted by molar-refractivity contribution is 7.17. The minimum atomic E-state index is -4.47. The van der Waals surface area contributed by atoms with Gasteiger partial charge in [0.25, 0.3) is 5.91 Å². The quantitative estimate of drug-likeness (QED) is 0.756. The number of amides is 1. The molecule has 5 nitrogen and oxygen atoms in total. The SMILES string of the molecule is CC=N/C=C(\C)CCNC(=O)c1ccc(-c2cc(C(F)(F)F)n(C)n2)s1. The molecule has 0 aliphatic rings. The first-order valence-electron chi connectivity index (χ1n) is 7.85. The smallest absolute Gasteiger partial charge is 0.351 e. The Balaban J connectivity index is 2.02. The second kappa shape index (κ2) is 8.31. The number of rotatable bonds is 6. The summed E-state index contributed by atoms with van der Waals surface area (Å²) in [5.41, 5.74) is 0.396. The first-order chi connectivity index (χ1) is 12.2. The molecule has 1 N–H and O–H groups in total. The molecule has 0 saturated carbocycles. The van der Waals surface area contributed by atoms with E-state index in [0.717, 1.165) is 27.7 Å². The van der Waals surface area contributed by atoms with Gasteiger partial charge in [0.2, 0.25) is 0 Å². The van der Waals surface area contributed by atoms with E-state index in [4.69, 9.17) is 0 Å². The van der Waals surface area contributed by atoms with Crippen LogP contribution in [0.2, 0.25) is 0 Å². The van der Waals surface area contributed by atoms with Crippen molar-refractivity contribution in [1.29, 1.82) is 0 Å². The first kappa shape index (κ1) is 19.9. The van der Waals surface area contributed by atoms with Gasteiger partial charge in [-0.25, -0.2) is 0 Å². The molecule has 0 aromatic carbocycles. The Labute approximate surface area is 153 Å². The number of alkyl halides is 3. The molecule has 0 spiro atoms. The van der Waals surface area contributed by atoms with Gasteiger partial charge in [0, 0.05) is 26.0 Å². The summed E-state index contributed by atoms with van der Waals surface area (Å²) in [4.78, 5) is 17.1. The van der Waals surface area contributed by atoms with Gasteiger partial charge in [-0.3, -0.25) is 14.5 Å². The minimum absolute atomic E-state index is 0.195. The first-order valence-corrected chi connectivity index (χ1v) is 8.67. The summed E-state index contributed by atoms with van der Waals surface area (Å²) >= 11 is 1.11. The van der Waals surface area contributed by atoms with Crippen LogP contribution < -0.4 is 5.32 Å². The number of halogens is 3. The Morgan fingerprint density at radius 2 is 2.15 bits per heavy atom. The van der Waals surface area contributed by atoms with Crippen LogP contribution in [-0.4, -0.2) is 28.4 Å². The van der Waals surface area contributed by atoms with Crippen molar-refractivity contribution in [2.45, 2.75) is 26.4 Å². The Kier molecular flexibility index (Phi) is 6.36. The molecule has 0 aliphatic carbocycles. The van der Waals surface area contributed by atoms with Gasteiger partial charge in [-0.05, 0) is 38.5 Å². The monoisotopic (exact) mass is 384 g/mol. The number of nitrogens with zero attached hydrogens (tertiary/aromatic N) is 3. The maximum atomic E-state index is 12.9. The second-order valence-corrected chi connectivity index (χ2v) is 6.67. The number of carbonyl (C=O) groups is 1. The van der Waals surface area contributed by atoms with Crippen LogP contribution in [-0.2, 0) is 13.2 Å². The van der Waals surface area contributed by atoms with E-state index in [-0.39, 0.29) is 11.6 Å². The molecule has 140 valence electrons. The van der Waals surface area contributed by atoms with Gasteiger partial charge in [-0.2, -0.15) is 18.3 Å². The molecule has 0 atom stereocenters. The van der Waals surface area contributed by atoms with Crippen LogP contribution in [0.5, 0.6) is 0 Å². The van der Waals surface area contributed by atoms with Crippen molar-refractivity contribution < 1.29 is 18.0 Å². The van der Waals surface area contributed by atoms with Crippen LogP contribution in [0.1, 0.15) is 35.6 Å². The Morgan fingerprint density at radius 3 is 2.77 bits per heavy atom. The topological polar surface area (TPSA) is 59.3 Å². The van der Waals surface area contributed by atoms with E-state index in [1.165, 1.54) is 7.05 Å². The van der Waals surface area contributed by atoms with Crippen LogP contribution >= 0.6 is 11.3 Å². The predicted molar refractivity (Wildman–Crippen MR) is 96.4 cm³/mol. The molecule has 1 amide bonds. The summed E-state index contributed by atoms with van der Waals surface area (Å²) in [5, 5.41) is 6.67. The lowest BCUT2D eigenvalue weighted by Gasteiger charge is -2.04. The third-order valence-corrected chi connectivity index (χ3v) is 4.61. The Morgan fingerprint density at radius 1 is 1.42 bits per heavy atom. The summed E-state index contributed by atoms with van der Waals surface area (Å²) < 4.78 is 39.4. The molecule has 0 saturated heterocycles. The molecular formula is C17H19F3N4OS. The largest absolute Gasteiger partial charge is 0.433 e. The van der Waals surface area contributed by atoms with Gasteiger partial charge >= 0.3 is 6.18 Å². The molecular weight excluding hydrogens is 365 g/mol. The zero-order valence-electron chi connectivity index (χ0n) is 14.6. The lowest BCUT2D eigenvalue weighted by molar-refractivity contribution is -0.143. The molecule has 2 heterocycles. The van der Waals surface area contributed by atoms with E-state index in [1.54, 1.807) is 24.5 Å². The van der Waals surface area contributed by atoms with Gasteiger partial charge in [0.05, 0.1) is 9.75 Å². The predicted octanol–water partition coefficient (Wildman–Crippen LogP) is 4.28. The van der Waals surface area contributed by atoms with Crippen LogP contribution in [0.15, 0.2) is 35.0 Å². The average Bonchev–Trinajstić information content (AvgIpc) is 3.18. The summed E-state index contributed by atoms with van der Waals surface area (Å²) in [7, 11) is 1.24. The molecule has 0 fully saturated rings.